The number of anilines is 2. The highest BCUT2D eigenvalue weighted by atomic mass is 35.5. The van der Waals surface area contributed by atoms with E-state index in [1.54, 1.807) is 35.2 Å². The smallest absolute Gasteiger partial charge is 0.233 e. The molecule has 142 valence electrons. The lowest BCUT2D eigenvalue weighted by Crippen LogP contribution is -2.49. The molecule has 0 saturated carbocycles. The van der Waals surface area contributed by atoms with Gasteiger partial charge in [0.05, 0.1) is 0 Å². The van der Waals surface area contributed by atoms with Crippen molar-refractivity contribution in [1.29, 1.82) is 0 Å². The summed E-state index contributed by atoms with van der Waals surface area (Å²) >= 11 is 6.05. The molecule has 0 aliphatic carbocycles. The van der Waals surface area contributed by atoms with E-state index < -0.39 is 0 Å². The molecule has 1 saturated heterocycles. The number of benzene rings is 2. The maximum atomic E-state index is 13.0. The van der Waals surface area contributed by atoms with E-state index in [0.29, 0.717) is 36.9 Å². The lowest BCUT2D eigenvalue weighted by atomic mass is 10.2. The molecule has 1 heterocycles. The zero-order valence-electron chi connectivity index (χ0n) is 15.0. The number of carbonyl (C=O) groups is 2. The molecule has 0 aromatic heterocycles. The molecule has 1 aliphatic heterocycles. The average molecular weight is 390 g/mol. The number of piperazine rings is 1. The Bertz CT molecular complexity index is 834. The van der Waals surface area contributed by atoms with Crippen molar-refractivity contribution < 1.29 is 14.0 Å². The van der Waals surface area contributed by atoms with Crippen molar-refractivity contribution in [3.8, 4) is 0 Å². The van der Waals surface area contributed by atoms with Crippen molar-refractivity contribution >= 4 is 34.8 Å². The summed E-state index contributed by atoms with van der Waals surface area (Å²) in [6.45, 7) is 4.16. The first-order valence-electron chi connectivity index (χ1n) is 8.77. The third-order valence-electron chi connectivity index (χ3n) is 4.68. The molecule has 0 radical (unpaired) electrons. The topological polar surface area (TPSA) is 52.7 Å². The van der Waals surface area contributed by atoms with Gasteiger partial charge < -0.3 is 15.1 Å². The standard InChI is InChI=1S/C20H21ClFN3O2/c1-14-17(21)3-2-4-18(14)23-19(26)13-20(27)25-11-9-24(10-12-25)16-7-5-15(22)6-8-16/h2-8H,9-13H2,1H3,(H,23,26). The Labute approximate surface area is 162 Å². The van der Waals surface area contributed by atoms with Crippen LogP contribution in [-0.2, 0) is 9.59 Å². The maximum Gasteiger partial charge on any atom is 0.233 e. The quantitative estimate of drug-likeness (QED) is 0.815. The van der Waals surface area contributed by atoms with Gasteiger partial charge in [-0.15, -0.1) is 0 Å². The molecule has 1 aliphatic rings. The number of carbonyl (C=O) groups excluding carboxylic acids is 2. The molecular formula is C20H21ClFN3O2. The van der Waals surface area contributed by atoms with E-state index in [1.165, 1.54) is 12.1 Å². The Balaban J connectivity index is 1.51. The van der Waals surface area contributed by atoms with Crippen molar-refractivity contribution in [3.63, 3.8) is 0 Å². The molecule has 2 aromatic rings. The summed E-state index contributed by atoms with van der Waals surface area (Å²) in [4.78, 5) is 28.4. The largest absolute Gasteiger partial charge is 0.368 e. The zero-order valence-corrected chi connectivity index (χ0v) is 15.8. The molecule has 27 heavy (non-hydrogen) atoms. The highest BCUT2D eigenvalue weighted by Crippen LogP contribution is 2.23. The second-order valence-electron chi connectivity index (χ2n) is 6.48. The maximum absolute atomic E-state index is 13.0. The fourth-order valence-electron chi connectivity index (χ4n) is 3.05. The second kappa shape index (κ2) is 8.39. The number of hydrogen-bond donors (Lipinski definition) is 1. The highest BCUT2D eigenvalue weighted by Gasteiger charge is 2.23. The van der Waals surface area contributed by atoms with Crippen LogP contribution in [0.4, 0.5) is 15.8 Å². The molecule has 0 spiro atoms. The molecule has 0 unspecified atom stereocenters. The molecule has 2 amide bonds. The van der Waals surface area contributed by atoms with Crippen LogP contribution in [0.15, 0.2) is 42.5 Å². The van der Waals surface area contributed by atoms with E-state index >= 15 is 0 Å². The lowest BCUT2D eigenvalue weighted by Gasteiger charge is -2.36. The Kier molecular flexibility index (Phi) is 5.96. The summed E-state index contributed by atoms with van der Waals surface area (Å²) < 4.78 is 13.0. The van der Waals surface area contributed by atoms with Crippen LogP contribution in [0.2, 0.25) is 5.02 Å². The lowest BCUT2D eigenvalue weighted by molar-refractivity contribution is -0.134. The molecule has 7 heteroatoms. The third kappa shape index (κ3) is 4.77. The van der Waals surface area contributed by atoms with Gasteiger partial charge in [0.25, 0.3) is 0 Å². The number of amides is 2. The number of nitrogens with one attached hydrogen (secondary N) is 1. The molecular weight excluding hydrogens is 369 g/mol. The van der Waals surface area contributed by atoms with Crippen molar-refractivity contribution in [2.24, 2.45) is 0 Å². The molecule has 3 rings (SSSR count). The summed E-state index contributed by atoms with van der Waals surface area (Å²) in [6, 6.07) is 11.6. The Hall–Kier alpha value is -2.60. The summed E-state index contributed by atoms with van der Waals surface area (Å²) in [5, 5.41) is 3.31. The fraction of sp³-hybridized carbons (Fsp3) is 0.300. The summed E-state index contributed by atoms with van der Waals surface area (Å²) in [7, 11) is 0. The molecule has 0 bridgehead atoms. The number of halogens is 2. The average Bonchev–Trinajstić information content (AvgIpc) is 2.66. The molecule has 5 nitrogen and oxygen atoms in total. The SMILES string of the molecule is Cc1c(Cl)cccc1NC(=O)CC(=O)N1CCN(c2ccc(F)cc2)CC1. The van der Waals surface area contributed by atoms with Crippen LogP contribution >= 0.6 is 11.6 Å². The second-order valence-corrected chi connectivity index (χ2v) is 6.89. The first-order chi connectivity index (χ1) is 12.9. The molecule has 1 N–H and O–H groups in total. The van der Waals surface area contributed by atoms with Crippen molar-refractivity contribution in [1.82, 2.24) is 4.90 Å². The zero-order chi connectivity index (χ0) is 19.4. The minimum Gasteiger partial charge on any atom is -0.368 e. The van der Waals surface area contributed by atoms with Gasteiger partial charge in [-0.1, -0.05) is 17.7 Å². The summed E-state index contributed by atoms with van der Waals surface area (Å²) in [6.07, 6.45) is -0.206. The first kappa shape index (κ1) is 19.2. The highest BCUT2D eigenvalue weighted by molar-refractivity contribution is 6.31. The Morgan fingerprint density at radius 3 is 2.41 bits per heavy atom. The number of rotatable bonds is 4. The monoisotopic (exact) mass is 389 g/mol. The summed E-state index contributed by atoms with van der Waals surface area (Å²) in [5.74, 6) is -0.828. The van der Waals surface area contributed by atoms with E-state index in [4.69, 9.17) is 11.6 Å². The normalized spacial score (nSPS) is 14.2. The van der Waals surface area contributed by atoms with Gasteiger partial charge in [0.1, 0.15) is 12.2 Å². The van der Waals surface area contributed by atoms with E-state index in [2.05, 4.69) is 10.2 Å². The van der Waals surface area contributed by atoms with Gasteiger partial charge in [-0.2, -0.15) is 0 Å². The van der Waals surface area contributed by atoms with E-state index in [9.17, 15) is 14.0 Å². The van der Waals surface area contributed by atoms with Crippen molar-refractivity contribution in [2.45, 2.75) is 13.3 Å². The minimum atomic E-state index is -0.355. The third-order valence-corrected chi connectivity index (χ3v) is 5.09. The first-order valence-corrected chi connectivity index (χ1v) is 9.15. The van der Waals surface area contributed by atoms with Gasteiger partial charge in [0.15, 0.2) is 0 Å². The van der Waals surface area contributed by atoms with Gasteiger partial charge in [0, 0.05) is 42.6 Å². The predicted molar refractivity (Wildman–Crippen MR) is 105 cm³/mol. The van der Waals surface area contributed by atoms with Crippen LogP contribution in [0.1, 0.15) is 12.0 Å². The van der Waals surface area contributed by atoms with E-state index in [-0.39, 0.29) is 24.1 Å². The predicted octanol–water partition coefficient (Wildman–Crippen LogP) is 3.46. The van der Waals surface area contributed by atoms with Crippen LogP contribution < -0.4 is 10.2 Å². The molecule has 1 fully saturated rings. The van der Waals surface area contributed by atoms with Crippen LogP contribution in [-0.4, -0.2) is 42.9 Å². The number of nitrogens with zero attached hydrogens (tertiary/aromatic N) is 2. The Morgan fingerprint density at radius 2 is 1.74 bits per heavy atom. The van der Waals surface area contributed by atoms with Gasteiger partial charge in [-0.05, 0) is 48.9 Å². The minimum absolute atomic E-state index is 0.203. The van der Waals surface area contributed by atoms with Crippen LogP contribution in [0.3, 0.4) is 0 Å². The van der Waals surface area contributed by atoms with Gasteiger partial charge in [-0.25, -0.2) is 4.39 Å². The van der Waals surface area contributed by atoms with Crippen LogP contribution in [0.5, 0.6) is 0 Å². The van der Waals surface area contributed by atoms with Crippen LogP contribution in [0, 0.1) is 12.7 Å². The molecule has 2 aromatic carbocycles. The Morgan fingerprint density at radius 1 is 1.07 bits per heavy atom. The van der Waals surface area contributed by atoms with Crippen molar-refractivity contribution in [3.05, 3.63) is 58.9 Å². The number of hydrogen-bond acceptors (Lipinski definition) is 3. The van der Waals surface area contributed by atoms with Crippen molar-refractivity contribution in [2.75, 3.05) is 36.4 Å². The van der Waals surface area contributed by atoms with Gasteiger partial charge in [0.2, 0.25) is 11.8 Å². The van der Waals surface area contributed by atoms with E-state index in [1.807, 2.05) is 6.92 Å². The van der Waals surface area contributed by atoms with Gasteiger partial charge >= 0.3 is 0 Å². The van der Waals surface area contributed by atoms with Gasteiger partial charge in [-0.3, -0.25) is 9.59 Å². The van der Waals surface area contributed by atoms with Crippen LogP contribution in [0.25, 0.3) is 0 Å². The molecule has 0 atom stereocenters. The summed E-state index contributed by atoms with van der Waals surface area (Å²) in [5.41, 5.74) is 2.31. The van der Waals surface area contributed by atoms with E-state index in [0.717, 1.165) is 11.3 Å². The fourth-order valence-corrected chi connectivity index (χ4v) is 3.23.